The summed E-state index contributed by atoms with van der Waals surface area (Å²) in [5, 5.41) is 13.2. The van der Waals surface area contributed by atoms with Gasteiger partial charge in [-0.1, -0.05) is 6.07 Å². The predicted octanol–water partition coefficient (Wildman–Crippen LogP) is 3.06. The molecule has 8 heteroatoms. The standard InChI is InChI=1S/C10H6F2N4OS/c11-10(12)16-4-3-6(15-16)8-13-14-9(17-8)7-2-1-5-18-7/h1-5,10H. The van der Waals surface area contributed by atoms with Gasteiger partial charge in [0.2, 0.25) is 0 Å². The van der Waals surface area contributed by atoms with Crippen LogP contribution in [0.5, 0.6) is 0 Å². The Labute approximate surface area is 104 Å². The van der Waals surface area contributed by atoms with Crippen LogP contribution in [0.25, 0.3) is 22.4 Å². The fraction of sp³-hybridized carbons (Fsp3) is 0.100. The quantitative estimate of drug-likeness (QED) is 0.732. The summed E-state index contributed by atoms with van der Waals surface area (Å²) in [7, 11) is 0. The van der Waals surface area contributed by atoms with Crippen molar-refractivity contribution >= 4 is 11.3 Å². The SMILES string of the molecule is FC(F)n1ccc(-c2nnc(-c3cccs3)o2)n1. The fourth-order valence-electron chi connectivity index (χ4n) is 1.39. The van der Waals surface area contributed by atoms with Crippen LogP contribution in [-0.4, -0.2) is 20.0 Å². The van der Waals surface area contributed by atoms with E-state index < -0.39 is 6.55 Å². The molecule has 3 rings (SSSR count). The molecule has 5 nitrogen and oxygen atoms in total. The number of halogens is 2. The number of thiophene rings is 1. The number of aromatic nitrogens is 4. The van der Waals surface area contributed by atoms with E-state index in [0.717, 1.165) is 11.1 Å². The highest BCUT2D eigenvalue weighted by atomic mass is 32.1. The second-order valence-electron chi connectivity index (χ2n) is 3.35. The van der Waals surface area contributed by atoms with Crippen molar-refractivity contribution in [1.82, 2.24) is 20.0 Å². The average molecular weight is 268 g/mol. The Kier molecular flexibility index (Phi) is 2.63. The third-order valence-electron chi connectivity index (χ3n) is 2.18. The molecule has 0 radical (unpaired) electrons. The molecule has 18 heavy (non-hydrogen) atoms. The van der Waals surface area contributed by atoms with Gasteiger partial charge in [0.1, 0.15) is 5.69 Å². The van der Waals surface area contributed by atoms with Gasteiger partial charge in [-0.05, 0) is 17.5 Å². The molecule has 0 atom stereocenters. The highest BCUT2D eigenvalue weighted by Crippen LogP contribution is 2.26. The summed E-state index contributed by atoms with van der Waals surface area (Å²) in [5.41, 5.74) is 0.227. The topological polar surface area (TPSA) is 56.7 Å². The molecule has 0 aliphatic heterocycles. The summed E-state index contributed by atoms with van der Waals surface area (Å²) in [6.07, 6.45) is 1.16. The molecule has 0 saturated carbocycles. The molecule has 0 spiro atoms. The Bertz CT molecular complexity index is 646. The van der Waals surface area contributed by atoms with Gasteiger partial charge in [0.25, 0.3) is 11.8 Å². The average Bonchev–Trinajstić information content (AvgIpc) is 3.10. The highest BCUT2D eigenvalue weighted by Gasteiger charge is 2.15. The molecule has 0 fully saturated rings. The first-order chi connectivity index (χ1) is 8.74. The predicted molar refractivity (Wildman–Crippen MR) is 60.1 cm³/mol. The van der Waals surface area contributed by atoms with Crippen molar-refractivity contribution in [3.8, 4) is 22.4 Å². The first-order valence-corrected chi connectivity index (χ1v) is 5.83. The normalized spacial score (nSPS) is 11.3. The van der Waals surface area contributed by atoms with Crippen LogP contribution in [0.4, 0.5) is 8.78 Å². The minimum atomic E-state index is -2.68. The van der Waals surface area contributed by atoms with Gasteiger partial charge in [-0.15, -0.1) is 21.5 Å². The first kappa shape index (κ1) is 11.0. The lowest BCUT2D eigenvalue weighted by Gasteiger charge is -1.95. The lowest BCUT2D eigenvalue weighted by Crippen LogP contribution is -1.98. The molecule has 3 aromatic heterocycles. The van der Waals surface area contributed by atoms with Crippen LogP contribution in [0, 0.1) is 0 Å². The molecule has 0 bridgehead atoms. The molecule has 0 aliphatic rings. The van der Waals surface area contributed by atoms with Gasteiger partial charge in [-0.2, -0.15) is 13.9 Å². The number of alkyl halides is 2. The zero-order valence-electron chi connectivity index (χ0n) is 8.83. The van der Waals surface area contributed by atoms with Crippen molar-refractivity contribution in [2.75, 3.05) is 0 Å². The zero-order chi connectivity index (χ0) is 12.5. The van der Waals surface area contributed by atoms with Crippen molar-refractivity contribution in [3.63, 3.8) is 0 Å². The van der Waals surface area contributed by atoms with Crippen molar-refractivity contribution in [1.29, 1.82) is 0 Å². The number of hydrogen-bond donors (Lipinski definition) is 0. The Morgan fingerprint density at radius 2 is 2.06 bits per heavy atom. The summed E-state index contributed by atoms with van der Waals surface area (Å²) in [6.45, 7) is -2.68. The molecule has 0 aromatic carbocycles. The van der Waals surface area contributed by atoms with E-state index in [0.29, 0.717) is 10.6 Å². The summed E-state index contributed by atoms with van der Waals surface area (Å²) in [4.78, 5) is 0.821. The third-order valence-corrected chi connectivity index (χ3v) is 3.04. The summed E-state index contributed by atoms with van der Waals surface area (Å²) in [6, 6.07) is 5.09. The Balaban J connectivity index is 1.93. The third kappa shape index (κ3) is 1.90. The van der Waals surface area contributed by atoms with Gasteiger partial charge < -0.3 is 4.42 Å². The molecule has 92 valence electrons. The summed E-state index contributed by atoms with van der Waals surface area (Å²) >= 11 is 1.45. The Morgan fingerprint density at radius 1 is 1.22 bits per heavy atom. The number of hydrogen-bond acceptors (Lipinski definition) is 5. The van der Waals surface area contributed by atoms with E-state index in [4.69, 9.17) is 4.42 Å². The molecule has 3 heterocycles. The Hall–Kier alpha value is -2.09. The minimum Gasteiger partial charge on any atom is -0.414 e. The molecule has 0 saturated heterocycles. The van der Waals surface area contributed by atoms with E-state index in [9.17, 15) is 8.78 Å². The smallest absolute Gasteiger partial charge is 0.333 e. The van der Waals surface area contributed by atoms with E-state index in [-0.39, 0.29) is 11.6 Å². The fourth-order valence-corrected chi connectivity index (χ4v) is 2.03. The van der Waals surface area contributed by atoms with Crippen molar-refractivity contribution in [2.24, 2.45) is 0 Å². The van der Waals surface area contributed by atoms with Crippen LogP contribution in [0.1, 0.15) is 6.55 Å². The van der Waals surface area contributed by atoms with Crippen LogP contribution in [0.2, 0.25) is 0 Å². The van der Waals surface area contributed by atoms with E-state index in [1.54, 1.807) is 0 Å². The number of nitrogens with zero attached hydrogens (tertiary/aromatic N) is 4. The molecule has 0 N–H and O–H groups in total. The van der Waals surface area contributed by atoms with Crippen molar-refractivity contribution in [2.45, 2.75) is 6.55 Å². The minimum absolute atomic E-state index is 0.123. The molecule has 0 aliphatic carbocycles. The highest BCUT2D eigenvalue weighted by molar-refractivity contribution is 7.13. The molecule has 0 amide bonds. The van der Waals surface area contributed by atoms with E-state index in [2.05, 4.69) is 15.3 Å². The zero-order valence-corrected chi connectivity index (χ0v) is 9.64. The van der Waals surface area contributed by atoms with Gasteiger partial charge in [-0.3, -0.25) is 0 Å². The van der Waals surface area contributed by atoms with Crippen molar-refractivity contribution < 1.29 is 13.2 Å². The second kappa shape index (κ2) is 4.30. The maximum Gasteiger partial charge on any atom is 0.333 e. The first-order valence-electron chi connectivity index (χ1n) is 4.95. The van der Waals surface area contributed by atoms with Gasteiger partial charge in [0.05, 0.1) is 4.88 Å². The van der Waals surface area contributed by atoms with E-state index >= 15 is 0 Å². The second-order valence-corrected chi connectivity index (χ2v) is 4.30. The summed E-state index contributed by atoms with van der Waals surface area (Å²) in [5.74, 6) is 0.476. The molecular formula is C10H6F2N4OS. The van der Waals surface area contributed by atoms with Gasteiger partial charge in [0.15, 0.2) is 0 Å². The van der Waals surface area contributed by atoms with Crippen LogP contribution < -0.4 is 0 Å². The lowest BCUT2D eigenvalue weighted by atomic mass is 10.4. The largest absolute Gasteiger partial charge is 0.414 e. The summed E-state index contributed by atoms with van der Waals surface area (Å²) < 4.78 is 30.6. The Morgan fingerprint density at radius 3 is 2.72 bits per heavy atom. The number of rotatable bonds is 3. The molecular weight excluding hydrogens is 262 g/mol. The van der Waals surface area contributed by atoms with Gasteiger partial charge in [0, 0.05) is 6.20 Å². The maximum atomic E-state index is 12.4. The van der Waals surface area contributed by atoms with Gasteiger partial charge >= 0.3 is 6.55 Å². The van der Waals surface area contributed by atoms with Crippen LogP contribution >= 0.6 is 11.3 Å². The lowest BCUT2D eigenvalue weighted by molar-refractivity contribution is 0.0568. The van der Waals surface area contributed by atoms with Crippen LogP contribution in [0.15, 0.2) is 34.2 Å². The van der Waals surface area contributed by atoms with Gasteiger partial charge in [-0.25, -0.2) is 4.68 Å². The molecule has 0 unspecified atom stereocenters. The molecule has 3 aromatic rings. The van der Waals surface area contributed by atoms with Crippen molar-refractivity contribution in [3.05, 3.63) is 29.8 Å². The van der Waals surface area contributed by atoms with Crippen LogP contribution in [0.3, 0.4) is 0 Å². The monoisotopic (exact) mass is 268 g/mol. The van der Waals surface area contributed by atoms with E-state index in [1.807, 2.05) is 17.5 Å². The van der Waals surface area contributed by atoms with E-state index in [1.165, 1.54) is 17.4 Å². The van der Waals surface area contributed by atoms with Crippen LogP contribution in [-0.2, 0) is 0 Å². The maximum absolute atomic E-state index is 12.4.